The topological polar surface area (TPSA) is 149 Å². The molecule has 5 N–H and O–H groups in total. The Morgan fingerprint density at radius 1 is 1.41 bits per heavy atom. The first-order chi connectivity index (χ1) is 13.6. The van der Waals surface area contributed by atoms with Gasteiger partial charge >= 0.3 is 5.97 Å². The number of nitrogens with two attached hydrogens (primary N) is 1. The number of hydrogen-bond donors (Lipinski definition) is 4. The lowest BCUT2D eigenvalue weighted by Crippen LogP contribution is -2.39. The molecule has 3 heterocycles. The quantitative estimate of drug-likeness (QED) is 0.410. The van der Waals surface area contributed by atoms with E-state index in [0.29, 0.717) is 23.4 Å². The Morgan fingerprint density at radius 3 is 2.69 bits per heavy atom. The number of carbonyl (C=O) groups is 1. The van der Waals surface area contributed by atoms with E-state index in [4.69, 9.17) is 27.4 Å². The Kier molecular flexibility index (Phi) is 5.95. The summed E-state index contributed by atoms with van der Waals surface area (Å²) in [4.78, 5) is 24.1. The molecule has 0 spiro atoms. The Labute approximate surface area is 173 Å². The average Bonchev–Trinajstić information content (AvgIpc) is 3.12. The van der Waals surface area contributed by atoms with Crippen molar-refractivity contribution in [3.05, 3.63) is 10.5 Å². The van der Waals surface area contributed by atoms with Crippen molar-refractivity contribution in [1.29, 1.82) is 0 Å². The summed E-state index contributed by atoms with van der Waals surface area (Å²) in [5.41, 5.74) is 5.95. The van der Waals surface area contributed by atoms with Crippen LogP contribution in [0.15, 0.2) is 0 Å². The van der Waals surface area contributed by atoms with Gasteiger partial charge in [-0.1, -0.05) is 19.1 Å². The number of esters is 1. The van der Waals surface area contributed by atoms with E-state index in [0.717, 1.165) is 6.42 Å². The van der Waals surface area contributed by atoms with Crippen molar-refractivity contribution < 1.29 is 24.5 Å². The summed E-state index contributed by atoms with van der Waals surface area (Å²) in [5.74, 6) is 0.223. The third-order valence-electron chi connectivity index (χ3n) is 4.73. The van der Waals surface area contributed by atoms with Crippen LogP contribution >= 0.6 is 12.2 Å². The zero-order chi connectivity index (χ0) is 21.5. The number of hydrogen-bond acceptors (Lipinski definition) is 9. The zero-order valence-electron chi connectivity index (χ0n) is 16.9. The number of carbonyl (C=O) groups excluding carboxylic acids is 1. The van der Waals surface area contributed by atoms with Crippen LogP contribution < -0.4 is 5.73 Å². The molecule has 0 aromatic carbocycles. The maximum Gasteiger partial charge on any atom is 0.311 e. The van der Waals surface area contributed by atoms with E-state index < -0.39 is 42.5 Å². The fourth-order valence-electron chi connectivity index (χ4n) is 3.24. The van der Waals surface area contributed by atoms with Gasteiger partial charge in [0.25, 0.3) is 0 Å². The molecule has 1 aliphatic heterocycles. The zero-order valence-corrected chi connectivity index (χ0v) is 17.7. The smallest absolute Gasteiger partial charge is 0.311 e. The van der Waals surface area contributed by atoms with Crippen LogP contribution in [0.3, 0.4) is 0 Å². The fraction of sp³-hybridized carbons (Fsp3) is 0.667. The molecule has 11 heteroatoms. The molecule has 10 nitrogen and oxygen atoms in total. The number of anilines is 1. The lowest BCUT2D eigenvalue weighted by Gasteiger charge is -2.26. The minimum Gasteiger partial charge on any atom is -0.454 e. The van der Waals surface area contributed by atoms with Gasteiger partial charge in [-0.3, -0.25) is 9.36 Å². The minimum atomic E-state index is -1.22. The molecule has 1 fully saturated rings. The summed E-state index contributed by atoms with van der Waals surface area (Å²) >= 11 is 5.29. The number of aryl methyl sites for hydroxylation is 1. The van der Waals surface area contributed by atoms with Gasteiger partial charge in [0.15, 0.2) is 22.9 Å². The number of aliphatic hydroxyl groups is 2. The van der Waals surface area contributed by atoms with Gasteiger partial charge in [0.1, 0.15) is 29.2 Å². The first-order valence-corrected chi connectivity index (χ1v) is 9.91. The monoisotopic (exact) mass is 425 g/mol. The number of ether oxygens (including phenoxy) is 2. The van der Waals surface area contributed by atoms with Gasteiger partial charge in [-0.05, 0) is 27.2 Å². The van der Waals surface area contributed by atoms with E-state index in [9.17, 15) is 15.0 Å². The standard InChI is InChI=1S/C18H27N5O5S/c1-5-6-9-20-10-13(21-17(19)22-14(10)29)23(9)15-12(11(25)8(7-24)27-15)28-16(26)18(2,3)4/h8,11-12,15,24-25H,5-7H2,1-4H3,(H3,19,21,22,29)/t8-,11?,12?,15-/m1/s1. The van der Waals surface area contributed by atoms with Crippen LogP contribution in [0.4, 0.5) is 5.95 Å². The molecule has 1 aliphatic rings. The second kappa shape index (κ2) is 7.98. The Bertz CT molecular complexity index is 966. The minimum absolute atomic E-state index is 0.104. The van der Waals surface area contributed by atoms with Crippen LogP contribution in [0.2, 0.25) is 0 Å². The number of H-pyrrole nitrogens is 1. The highest BCUT2D eigenvalue weighted by atomic mass is 32.1. The summed E-state index contributed by atoms with van der Waals surface area (Å²) < 4.78 is 13.5. The number of imidazole rings is 1. The second-order valence-electron chi connectivity index (χ2n) is 8.13. The van der Waals surface area contributed by atoms with E-state index >= 15 is 0 Å². The Morgan fingerprint density at radius 2 is 2.10 bits per heavy atom. The Hall–Kier alpha value is -2.08. The van der Waals surface area contributed by atoms with Crippen LogP contribution in [-0.2, 0) is 20.7 Å². The molecule has 0 aliphatic carbocycles. The maximum atomic E-state index is 12.5. The van der Waals surface area contributed by atoms with E-state index in [1.807, 2.05) is 6.92 Å². The van der Waals surface area contributed by atoms with Crippen LogP contribution in [0, 0.1) is 10.1 Å². The van der Waals surface area contributed by atoms with E-state index in [-0.39, 0.29) is 10.6 Å². The van der Waals surface area contributed by atoms with Crippen molar-refractivity contribution >= 4 is 35.3 Å². The molecule has 2 unspecified atom stereocenters. The molecule has 2 aromatic heterocycles. The first kappa shape index (κ1) is 21.6. The lowest BCUT2D eigenvalue weighted by molar-refractivity contribution is -0.168. The van der Waals surface area contributed by atoms with Gasteiger partial charge in [0, 0.05) is 6.42 Å². The molecule has 0 saturated carbocycles. The van der Waals surface area contributed by atoms with Crippen LogP contribution in [0.25, 0.3) is 11.2 Å². The molecule has 29 heavy (non-hydrogen) atoms. The molecular weight excluding hydrogens is 398 g/mol. The van der Waals surface area contributed by atoms with E-state index in [1.54, 1.807) is 25.3 Å². The van der Waals surface area contributed by atoms with Crippen molar-refractivity contribution in [1.82, 2.24) is 19.5 Å². The summed E-state index contributed by atoms with van der Waals surface area (Å²) in [7, 11) is 0. The average molecular weight is 426 g/mol. The predicted octanol–water partition coefficient (Wildman–Crippen LogP) is 1.23. The van der Waals surface area contributed by atoms with Gasteiger partial charge in [0.2, 0.25) is 0 Å². The summed E-state index contributed by atoms with van der Waals surface area (Å²) in [6.07, 6.45) is -2.76. The molecule has 1 saturated heterocycles. The molecular formula is C18H27N5O5S. The van der Waals surface area contributed by atoms with Crippen molar-refractivity contribution in [3.8, 4) is 0 Å². The van der Waals surface area contributed by atoms with Crippen LogP contribution in [0.1, 0.15) is 46.2 Å². The third kappa shape index (κ3) is 4.00. The van der Waals surface area contributed by atoms with Crippen molar-refractivity contribution in [3.63, 3.8) is 0 Å². The summed E-state index contributed by atoms with van der Waals surface area (Å²) in [6.45, 7) is 6.71. The van der Waals surface area contributed by atoms with Gasteiger partial charge < -0.3 is 30.4 Å². The third-order valence-corrected chi connectivity index (χ3v) is 5.02. The Balaban J connectivity index is 2.15. The number of fused-ring (bicyclic) bond motifs is 1. The number of nitrogens with zero attached hydrogens (tertiary/aromatic N) is 3. The number of rotatable bonds is 5. The number of aromatic amines is 1. The highest BCUT2D eigenvalue weighted by Gasteiger charge is 2.49. The number of aromatic nitrogens is 4. The van der Waals surface area contributed by atoms with Crippen LogP contribution in [-0.4, -0.2) is 60.6 Å². The van der Waals surface area contributed by atoms with Crippen molar-refractivity contribution in [2.24, 2.45) is 5.41 Å². The lowest BCUT2D eigenvalue weighted by atomic mass is 9.97. The molecule has 4 atom stereocenters. The van der Waals surface area contributed by atoms with Gasteiger partial charge in [-0.15, -0.1) is 0 Å². The SMILES string of the molecule is CCCc1nc2c(=S)nc(N)[nH]c2n1[C@@H]1O[C@H](CO)C(O)C1OC(=O)C(C)(C)C. The predicted molar refractivity (Wildman–Crippen MR) is 107 cm³/mol. The highest BCUT2D eigenvalue weighted by Crippen LogP contribution is 2.36. The highest BCUT2D eigenvalue weighted by molar-refractivity contribution is 7.71. The largest absolute Gasteiger partial charge is 0.454 e. The van der Waals surface area contributed by atoms with E-state index in [2.05, 4.69) is 15.0 Å². The molecule has 0 bridgehead atoms. The fourth-order valence-corrected chi connectivity index (χ4v) is 3.48. The number of nitrogens with one attached hydrogen (secondary N) is 1. The molecule has 2 aromatic rings. The normalized spacial score (nSPS) is 24.9. The maximum absolute atomic E-state index is 12.5. The van der Waals surface area contributed by atoms with Crippen molar-refractivity contribution in [2.75, 3.05) is 12.3 Å². The number of nitrogen functional groups attached to an aromatic ring is 1. The molecule has 160 valence electrons. The van der Waals surface area contributed by atoms with Crippen molar-refractivity contribution in [2.45, 2.75) is 65.1 Å². The molecule has 0 amide bonds. The first-order valence-electron chi connectivity index (χ1n) is 9.50. The van der Waals surface area contributed by atoms with E-state index in [1.165, 1.54) is 0 Å². The summed E-state index contributed by atoms with van der Waals surface area (Å²) in [5, 5.41) is 20.3. The van der Waals surface area contributed by atoms with Gasteiger partial charge in [0.05, 0.1) is 12.0 Å². The summed E-state index contributed by atoms with van der Waals surface area (Å²) in [6, 6.07) is 0. The van der Waals surface area contributed by atoms with Gasteiger partial charge in [-0.2, -0.15) is 0 Å². The second-order valence-corrected chi connectivity index (χ2v) is 8.52. The van der Waals surface area contributed by atoms with Crippen LogP contribution in [0.5, 0.6) is 0 Å². The molecule has 0 radical (unpaired) electrons. The van der Waals surface area contributed by atoms with Gasteiger partial charge in [-0.25, -0.2) is 9.97 Å². The molecule has 3 rings (SSSR count). The number of aliphatic hydroxyl groups excluding tert-OH is 2.